The van der Waals surface area contributed by atoms with Crippen molar-refractivity contribution in [2.24, 2.45) is 0 Å². The smallest absolute Gasteiger partial charge is 0.125 e. The Hall–Kier alpha value is -1.84. The van der Waals surface area contributed by atoms with Gasteiger partial charge >= 0.3 is 0 Å². The van der Waals surface area contributed by atoms with Crippen LogP contribution in [0.1, 0.15) is 11.3 Å². The highest BCUT2D eigenvalue weighted by molar-refractivity contribution is 5.50. The lowest BCUT2D eigenvalue weighted by molar-refractivity contribution is 0.628. The van der Waals surface area contributed by atoms with Gasteiger partial charge in [0.2, 0.25) is 0 Å². The van der Waals surface area contributed by atoms with Crippen molar-refractivity contribution in [3.8, 4) is 0 Å². The van der Waals surface area contributed by atoms with E-state index in [0.29, 0.717) is 6.54 Å². The zero-order valence-electron chi connectivity index (χ0n) is 8.42. The number of rotatable bonds is 3. The van der Waals surface area contributed by atoms with Crippen molar-refractivity contribution < 1.29 is 4.39 Å². The van der Waals surface area contributed by atoms with Gasteiger partial charge in [0.25, 0.3) is 0 Å². The number of aromatic amines is 1. The van der Waals surface area contributed by atoms with E-state index in [4.69, 9.17) is 0 Å². The normalized spacial score (nSPS) is 10.3. The Balaban J connectivity index is 2.07. The number of aromatic nitrogens is 2. The van der Waals surface area contributed by atoms with E-state index in [1.54, 1.807) is 12.3 Å². The van der Waals surface area contributed by atoms with Gasteiger partial charge in [-0.15, -0.1) is 0 Å². The molecule has 0 radical (unpaired) electrons. The SMILES string of the molecule is Cc1ccc(F)cc1NCc1ccn[nH]1. The Morgan fingerprint density at radius 3 is 3.00 bits per heavy atom. The van der Waals surface area contributed by atoms with Crippen molar-refractivity contribution in [2.75, 3.05) is 5.32 Å². The fourth-order valence-electron chi connectivity index (χ4n) is 1.36. The molecule has 0 spiro atoms. The summed E-state index contributed by atoms with van der Waals surface area (Å²) < 4.78 is 13.0. The summed E-state index contributed by atoms with van der Waals surface area (Å²) in [5, 5.41) is 9.82. The monoisotopic (exact) mass is 205 g/mol. The van der Waals surface area contributed by atoms with Gasteiger partial charge in [-0.25, -0.2) is 4.39 Å². The fraction of sp³-hybridized carbons (Fsp3) is 0.182. The molecular formula is C11H12FN3. The third-order valence-corrected chi connectivity index (χ3v) is 2.23. The molecule has 4 heteroatoms. The first kappa shape index (κ1) is 9.71. The molecule has 3 nitrogen and oxygen atoms in total. The van der Waals surface area contributed by atoms with Crippen LogP contribution in [-0.2, 0) is 6.54 Å². The van der Waals surface area contributed by atoms with Gasteiger partial charge in [0, 0.05) is 11.9 Å². The maximum absolute atomic E-state index is 13.0. The highest BCUT2D eigenvalue weighted by Crippen LogP contribution is 2.16. The van der Waals surface area contributed by atoms with E-state index in [1.165, 1.54) is 12.1 Å². The topological polar surface area (TPSA) is 40.7 Å². The van der Waals surface area contributed by atoms with Crippen molar-refractivity contribution in [1.82, 2.24) is 10.2 Å². The number of aryl methyl sites for hydroxylation is 1. The maximum atomic E-state index is 13.0. The van der Waals surface area contributed by atoms with Crippen LogP contribution in [0.4, 0.5) is 10.1 Å². The number of hydrogen-bond donors (Lipinski definition) is 2. The van der Waals surface area contributed by atoms with Crippen LogP contribution in [0.25, 0.3) is 0 Å². The van der Waals surface area contributed by atoms with Gasteiger partial charge in [-0.1, -0.05) is 6.07 Å². The quantitative estimate of drug-likeness (QED) is 0.808. The molecule has 0 amide bonds. The predicted octanol–water partition coefficient (Wildman–Crippen LogP) is 2.47. The van der Waals surface area contributed by atoms with Crippen LogP contribution in [-0.4, -0.2) is 10.2 Å². The number of nitrogens with zero attached hydrogens (tertiary/aromatic N) is 1. The van der Waals surface area contributed by atoms with Gasteiger partial charge in [-0.2, -0.15) is 5.10 Å². The molecule has 2 N–H and O–H groups in total. The van der Waals surface area contributed by atoms with Crippen LogP contribution in [0.2, 0.25) is 0 Å². The van der Waals surface area contributed by atoms with Crippen LogP contribution >= 0.6 is 0 Å². The van der Waals surface area contributed by atoms with E-state index in [2.05, 4.69) is 15.5 Å². The number of anilines is 1. The van der Waals surface area contributed by atoms with Crippen molar-refractivity contribution in [3.05, 3.63) is 47.5 Å². The number of hydrogen-bond acceptors (Lipinski definition) is 2. The van der Waals surface area contributed by atoms with Gasteiger partial charge in [0.1, 0.15) is 5.82 Å². The zero-order chi connectivity index (χ0) is 10.7. The number of benzene rings is 1. The Bertz CT molecular complexity index is 437. The van der Waals surface area contributed by atoms with Crippen LogP contribution in [0.15, 0.2) is 30.5 Å². The molecule has 0 unspecified atom stereocenters. The van der Waals surface area contributed by atoms with E-state index in [9.17, 15) is 4.39 Å². The predicted molar refractivity (Wildman–Crippen MR) is 57.1 cm³/mol. The van der Waals surface area contributed by atoms with E-state index in [-0.39, 0.29) is 5.82 Å². The molecule has 0 aliphatic heterocycles. The lowest BCUT2D eigenvalue weighted by Gasteiger charge is -2.08. The minimum Gasteiger partial charge on any atom is -0.379 e. The van der Waals surface area contributed by atoms with E-state index in [1.807, 2.05) is 13.0 Å². The second-order valence-electron chi connectivity index (χ2n) is 3.39. The molecular weight excluding hydrogens is 193 g/mol. The van der Waals surface area contributed by atoms with Gasteiger partial charge in [-0.05, 0) is 30.7 Å². The Morgan fingerprint density at radius 1 is 1.40 bits per heavy atom. The number of nitrogens with one attached hydrogen (secondary N) is 2. The second kappa shape index (κ2) is 4.13. The molecule has 0 saturated heterocycles. The summed E-state index contributed by atoms with van der Waals surface area (Å²) in [6.45, 7) is 2.55. The Morgan fingerprint density at radius 2 is 2.27 bits per heavy atom. The number of halogens is 1. The summed E-state index contributed by atoms with van der Waals surface area (Å²) in [4.78, 5) is 0. The molecule has 0 atom stereocenters. The molecule has 0 aliphatic rings. The van der Waals surface area contributed by atoms with E-state index in [0.717, 1.165) is 16.9 Å². The van der Waals surface area contributed by atoms with Crippen LogP contribution in [0.5, 0.6) is 0 Å². The van der Waals surface area contributed by atoms with Crippen LogP contribution in [0, 0.1) is 12.7 Å². The minimum atomic E-state index is -0.229. The molecule has 0 fully saturated rings. The van der Waals surface area contributed by atoms with Crippen molar-refractivity contribution in [3.63, 3.8) is 0 Å². The lowest BCUT2D eigenvalue weighted by Crippen LogP contribution is -2.01. The Labute approximate surface area is 87.3 Å². The molecule has 78 valence electrons. The molecule has 1 aromatic carbocycles. The maximum Gasteiger partial charge on any atom is 0.125 e. The molecule has 2 aromatic rings. The van der Waals surface area contributed by atoms with Gasteiger partial charge in [-0.3, -0.25) is 5.10 Å². The summed E-state index contributed by atoms with van der Waals surface area (Å²) in [6.07, 6.45) is 1.69. The highest BCUT2D eigenvalue weighted by atomic mass is 19.1. The summed E-state index contributed by atoms with van der Waals surface area (Å²) in [5.74, 6) is -0.229. The summed E-state index contributed by atoms with van der Waals surface area (Å²) >= 11 is 0. The van der Waals surface area contributed by atoms with E-state index < -0.39 is 0 Å². The average Bonchev–Trinajstić information content (AvgIpc) is 2.72. The van der Waals surface area contributed by atoms with Crippen molar-refractivity contribution in [2.45, 2.75) is 13.5 Å². The van der Waals surface area contributed by atoms with Crippen LogP contribution < -0.4 is 5.32 Å². The molecule has 0 saturated carbocycles. The van der Waals surface area contributed by atoms with Crippen molar-refractivity contribution >= 4 is 5.69 Å². The third-order valence-electron chi connectivity index (χ3n) is 2.23. The number of H-pyrrole nitrogens is 1. The van der Waals surface area contributed by atoms with Gasteiger partial charge in [0.15, 0.2) is 0 Å². The third kappa shape index (κ3) is 2.34. The first-order chi connectivity index (χ1) is 7.25. The Kier molecular flexibility index (Phi) is 2.67. The minimum absolute atomic E-state index is 0.229. The first-order valence-electron chi connectivity index (χ1n) is 4.74. The second-order valence-corrected chi connectivity index (χ2v) is 3.39. The molecule has 1 aromatic heterocycles. The summed E-state index contributed by atoms with van der Waals surface area (Å²) in [5.41, 5.74) is 2.80. The molecule has 0 aliphatic carbocycles. The molecule has 1 heterocycles. The highest BCUT2D eigenvalue weighted by Gasteiger charge is 2.00. The summed E-state index contributed by atoms with van der Waals surface area (Å²) in [7, 11) is 0. The summed E-state index contributed by atoms with van der Waals surface area (Å²) in [6, 6.07) is 6.58. The zero-order valence-corrected chi connectivity index (χ0v) is 8.42. The van der Waals surface area contributed by atoms with Gasteiger partial charge < -0.3 is 5.32 Å². The van der Waals surface area contributed by atoms with Crippen LogP contribution in [0.3, 0.4) is 0 Å². The first-order valence-corrected chi connectivity index (χ1v) is 4.74. The standard InChI is InChI=1S/C11H12FN3/c1-8-2-3-9(12)6-11(8)13-7-10-4-5-14-15-10/h2-6,13H,7H2,1H3,(H,14,15). The average molecular weight is 205 g/mol. The van der Waals surface area contributed by atoms with E-state index >= 15 is 0 Å². The molecule has 2 rings (SSSR count). The molecule has 15 heavy (non-hydrogen) atoms. The lowest BCUT2D eigenvalue weighted by atomic mass is 10.2. The van der Waals surface area contributed by atoms with Gasteiger partial charge in [0.05, 0.1) is 12.2 Å². The fourth-order valence-corrected chi connectivity index (χ4v) is 1.36. The van der Waals surface area contributed by atoms with Crippen molar-refractivity contribution in [1.29, 1.82) is 0 Å². The molecule has 0 bridgehead atoms. The largest absolute Gasteiger partial charge is 0.379 e.